The first-order valence-electron chi connectivity index (χ1n) is 8.03. The Bertz CT molecular complexity index is 782. The van der Waals surface area contributed by atoms with Crippen molar-refractivity contribution in [2.45, 2.75) is 13.8 Å². The predicted molar refractivity (Wildman–Crippen MR) is 94.6 cm³/mol. The number of benzene rings is 2. The molecular formula is C19H20N2O4. The number of ether oxygens (including phenoxy) is 3. The lowest BCUT2D eigenvalue weighted by Gasteiger charge is -2.18. The van der Waals surface area contributed by atoms with Crippen LogP contribution in [0, 0.1) is 13.8 Å². The van der Waals surface area contributed by atoms with Crippen molar-refractivity contribution >= 4 is 12.1 Å². The molecule has 0 fully saturated rings. The summed E-state index contributed by atoms with van der Waals surface area (Å²) >= 11 is 0. The monoisotopic (exact) mass is 340 g/mol. The largest absolute Gasteiger partial charge is 0.486 e. The first kappa shape index (κ1) is 16.8. The molecule has 130 valence electrons. The highest BCUT2D eigenvalue weighted by Gasteiger charge is 2.11. The van der Waals surface area contributed by atoms with Crippen LogP contribution in [0.3, 0.4) is 0 Å². The number of carbonyl (C=O) groups excluding carboxylic acids is 1. The molecule has 1 heterocycles. The molecule has 0 aliphatic carbocycles. The van der Waals surface area contributed by atoms with E-state index in [1.54, 1.807) is 6.21 Å². The molecule has 1 aliphatic rings. The third-order valence-corrected chi connectivity index (χ3v) is 3.53. The molecule has 2 aromatic rings. The van der Waals surface area contributed by atoms with Crippen molar-refractivity contribution in [2.75, 3.05) is 19.8 Å². The van der Waals surface area contributed by atoms with Gasteiger partial charge in [0.1, 0.15) is 19.0 Å². The first-order chi connectivity index (χ1) is 12.1. The van der Waals surface area contributed by atoms with E-state index in [0.717, 1.165) is 16.7 Å². The van der Waals surface area contributed by atoms with E-state index in [9.17, 15) is 4.79 Å². The standard InChI is InChI=1S/C19H20N2O4/c1-13-7-14(2)9-16(8-13)25-12-19(22)21-20-11-15-3-4-17-18(10-15)24-6-5-23-17/h3-4,7-11H,5-6,12H2,1-2H3,(H,21,22)/b20-11+. The third-order valence-electron chi connectivity index (χ3n) is 3.53. The van der Waals surface area contributed by atoms with Crippen molar-refractivity contribution in [2.24, 2.45) is 5.10 Å². The summed E-state index contributed by atoms with van der Waals surface area (Å²) in [6, 6.07) is 11.3. The topological polar surface area (TPSA) is 69.2 Å². The molecule has 0 aromatic heterocycles. The molecule has 6 heteroatoms. The molecule has 0 spiro atoms. The van der Waals surface area contributed by atoms with Crippen molar-refractivity contribution in [1.29, 1.82) is 0 Å². The Kier molecular flexibility index (Phi) is 5.18. The number of amides is 1. The van der Waals surface area contributed by atoms with E-state index in [-0.39, 0.29) is 12.5 Å². The average molecular weight is 340 g/mol. The minimum absolute atomic E-state index is 0.0959. The van der Waals surface area contributed by atoms with E-state index < -0.39 is 0 Å². The van der Waals surface area contributed by atoms with Gasteiger partial charge in [0.2, 0.25) is 0 Å². The highest BCUT2D eigenvalue weighted by molar-refractivity contribution is 5.83. The fourth-order valence-corrected chi connectivity index (χ4v) is 2.52. The van der Waals surface area contributed by atoms with Crippen molar-refractivity contribution in [3.8, 4) is 17.2 Å². The molecule has 0 bridgehead atoms. The number of hydrazone groups is 1. The van der Waals surface area contributed by atoms with Crippen molar-refractivity contribution in [3.63, 3.8) is 0 Å². The number of rotatable bonds is 5. The number of nitrogens with zero attached hydrogens (tertiary/aromatic N) is 1. The Morgan fingerprint density at radius 1 is 1.12 bits per heavy atom. The minimum atomic E-state index is -0.326. The highest BCUT2D eigenvalue weighted by atomic mass is 16.6. The van der Waals surface area contributed by atoms with Crippen LogP contribution < -0.4 is 19.6 Å². The molecule has 0 atom stereocenters. The maximum Gasteiger partial charge on any atom is 0.277 e. The SMILES string of the molecule is Cc1cc(C)cc(OCC(=O)N/N=C/c2ccc3c(c2)OCCO3)c1. The van der Waals surface area contributed by atoms with E-state index in [1.807, 2.05) is 50.2 Å². The van der Waals surface area contributed by atoms with E-state index in [1.165, 1.54) is 0 Å². The fourth-order valence-electron chi connectivity index (χ4n) is 2.52. The lowest BCUT2D eigenvalue weighted by Crippen LogP contribution is -2.24. The second-order valence-corrected chi connectivity index (χ2v) is 5.81. The second-order valence-electron chi connectivity index (χ2n) is 5.81. The van der Waals surface area contributed by atoms with E-state index in [4.69, 9.17) is 14.2 Å². The van der Waals surface area contributed by atoms with E-state index in [0.29, 0.717) is 30.5 Å². The van der Waals surface area contributed by atoms with Gasteiger partial charge in [-0.2, -0.15) is 5.10 Å². The Hall–Kier alpha value is -3.02. The van der Waals surface area contributed by atoms with Gasteiger partial charge in [0, 0.05) is 0 Å². The summed E-state index contributed by atoms with van der Waals surface area (Å²) in [6.07, 6.45) is 1.55. The first-order valence-corrected chi connectivity index (χ1v) is 8.03. The van der Waals surface area contributed by atoms with Gasteiger partial charge in [-0.3, -0.25) is 4.79 Å². The molecule has 1 amide bonds. The molecular weight excluding hydrogens is 320 g/mol. The summed E-state index contributed by atoms with van der Waals surface area (Å²) in [6.45, 7) is 4.95. The Balaban J connectivity index is 1.51. The van der Waals surface area contributed by atoms with E-state index in [2.05, 4.69) is 10.5 Å². The van der Waals surface area contributed by atoms with Crippen molar-refractivity contribution < 1.29 is 19.0 Å². The van der Waals surface area contributed by atoms with Crippen LogP contribution in [0.1, 0.15) is 16.7 Å². The molecule has 0 unspecified atom stereocenters. The fraction of sp³-hybridized carbons (Fsp3) is 0.263. The zero-order valence-corrected chi connectivity index (χ0v) is 14.2. The molecule has 6 nitrogen and oxygen atoms in total. The summed E-state index contributed by atoms with van der Waals surface area (Å²) in [5.74, 6) is 1.74. The molecule has 2 aromatic carbocycles. The molecule has 0 radical (unpaired) electrons. The highest BCUT2D eigenvalue weighted by Crippen LogP contribution is 2.30. The zero-order valence-electron chi connectivity index (χ0n) is 14.2. The van der Waals surface area contributed by atoms with Gasteiger partial charge >= 0.3 is 0 Å². The van der Waals surface area contributed by atoms with Crippen LogP contribution in [-0.4, -0.2) is 31.9 Å². The van der Waals surface area contributed by atoms with Gasteiger partial charge in [-0.25, -0.2) is 5.43 Å². The van der Waals surface area contributed by atoms with Crippen LogP contribution in [0.25, 0.3) is 0 Å². The minimum Gasteiger partial charge on any atom is -0.486 e. The van der Waals surface area contributed by atoms with Gasteiger partial charge in [0.05, 0.1) is 6.21 Å². The Labute approximate surface area is 146 Å². The number of nitrogens with one attached hydrogen (secondary N) is 1. The van der Waals surface area contributed by atoms with Crippen LogP contribution in [0.2, 0.25) is 0 Å². The summed E-state index contributed by atoms with van der Waals surface area (Å²) in [4.78, 5) is 11.8. The number of carbonyl (C=O) groups is 1. The van der Waals surface area contributed by atoms with Gasteiger partial charge in [-0.15, -0.1) is 0 Å². The normalized spacial score (nSPS) is 12.9. The summed E-state index contributed by atoms with van der Waals surface area (Å²) in [7, 11) is 0. The van der Waals surface area contributed by atoms with Gasteiger partial charge in [-0.05, 0) is 60.9 Å². The van der Waals surface area contributed by atoms with Gasteiger partial charge in [0.15, 0.2) is 18.1 Å². The predicted octanol–water partition coefficient (Wildman–Crippen LogP) is 2.60. The molecule has 0 saturated carbocycles. The second kappa shape index (κ2) is 7.70. The van der Waals surface area contributed by atoms with Crippen LogP contribution >= 0.6 is 0 Å². The van der Waals surface area contributed by atoms with Crippen LogP contribution in [0.15, 0.2) is 41.5 Å². The molecule has 25 heavy (non-hydrogen) atoms. The molecule has 0 saturated heterocycles. The number of fused-ring (bicyclic) bond motifs is 1. The number of hydrogen-bond acceptors (Lipinski definition) is 5. The Morgan fingerprint density at radius 2 is 1.84 bits per heavy atom. The van der Waals surface area contributed by atoms with Crippen LogP contribution in [0.5, 0.6) is 17.2 Å². The maximum absolute atomic E-state index is 11.8. The quantitative estimate of drug-likeness (QED) is 0.671. The van der Waals surface area contributed by atoms with Gasteiger partial charge in [0.25, 0.3) is 5.91 Å². The van der Waals surface area contributed by atoms with Gasteiger partial charge < -0.3 is 14.2 Å². The third kappa shape index (κ3) is 4.73. The summed E-state index contributed by atoms with van der Waals surface area (Å²) in [5.41, 5.74) is 5.43. The smallest absolute Gasteiger partial charge is 0.277 e. The van der Waals surface area contributed by atoms with Crippen LogP contribution in [-0.2, 0) is 4.79 Å². The number of aryl methyl sites for hydroxylation is 2. The maximum atomic E-state index is 11.8. The molecule has 1 N–H and O–H groups in total. The zero-order chi connectivity index (χ0) is 17.6. The average Bonchev–Trinajstić information content (AvgIpc) is 2.59. The summed E-state index contributed by atoms with van der Waals surface area (Å²) < 4.78 is 16.4. The van der Waals surface area contributed by atoms with Crippen LogP contribution in [0.4, 0.5) is 0 Å². The van der Waals surface area contributed by atoms with Gasteiger partial charge in [-0.1, -0.05) is 6.07 Å². The van der Waals surface area contributed by atoms with Crippen molar-refractivity contribution in [1.82, 2.24) is 5.43 Å². The van der Waals surface area contributed by atoms with Crippen molar-refractivity contribution in [3.05, 3.63) is 53.1 Å². The lowest BCUT2D eigenvalue weighted by molar-refractivity contribution is -0.123. The Morgan fingerprint density at radius 3 is 2.60 bits per heavy atom. The molecule has 3 rings (SSSR count). The lowest BCUT2D eigenvalue weighted by atomic mass is 10.1. The summed E-state index contributed by atoms with van der Waals surface area (Å²) in [5, 5.41) is 3.94. The number of hydrogen-bond donors (Lipinski definition) is 1. The molecule has 1 aliphatic heterocycles. The van der Waals surface area contributed by atoms with E-state index >= 15 is 0 Å².